The molecule has 0 radical (unpaired) electrons. The average molecular weight is 159 g/mol. The van der Waals surface area contributed by atoms with Gasteiger partial charge in [-0.15, -0.1) is 0 Å². The molecule has 0 aliphatic heterocycles. The Labute approximate surface area is 68.6 Å². The van der Waals surface area contributed by atoms with Crippen molar-refractivity contribution < 1.29 is 11.0 Å². The summed E-state index contributed by atoms with van der Waals surface area (Å²) in [6.07, 6.45) is 5.68. The minimum atomic E-state index is -0.295. The molecule has 0 atom stereocenters. The van der Waals surface area contributed by atoms with E-state index in [2.05, 4.69) is 10.1 Å². The summed E-state index contributed by atoms with van der Waals surface area (Å²) in [4.78, 5) is 10.7. The van der Waals surface area contributed by atoms with Crippen molar-refractivity contribution in [3.8, 4) is 0 Å². The van der Waals surface area contributed by atoms with Gasteiger partial charge in [-0.2, -0.15) is 0 Å². The molecular formula is C8H17NO2. The van der Waals surface area contributed by atoms with Crippen molar-refractivity contribution >= 4 is 6.09 Å². The van der Waals surface area contributed by atoms with Crippen LogP contribution in [0.15, 0.2) is 0 Å². The maximum Gasteiger partial charge on any atom is 0.407 e. The molecule has 1 aliphatic rings. The number of alkyl carbamates (subject to hydrolysis) is 1. The number of ether oxygens (including phenoxy) is 1. The maximum absolute atomic E-state index is 10.7. The van der Waals surface area contributed by atoms with Crippen molar-refractivity contribution in [2.45, 2.75) is 38.1 Å². The Kier molecular flexibility index (Phi) is 3.20. The summed E-state index contributed by atoms with van der Waals surface area (Å²) in [7, 11) is 1.40. The van der Waals surface area contributed by atoms with Gasteiger partial charge in [0.25, 0.3) is 0 Å². The lowest BCUT2D eigenvalue weighted by Crippen LogP contribution is -2.35. The van der Waals surface area contributed by atoms with Crippen LogP contribution in [0.3, 0.4) is 0 Å². The van der Waals surface area contributed by atoms with Crippen LogP contribution in [-0.4, -0.2) is 19.2 Å². The number of carbonyl (C=O) groups is 1. The SMILES string of the molecule is COC(=O)NC1CCCCC1.[HH]. The Morgan fingerprint density at radius 2 is 2.09 bits per heavy atom. The lowest BCUT2D eigenvalue weighted by atomic mass is 9.96. The van der Waals surface area contributed by atoms with E-state index >= 15 is 0 Å². The predicted molar refractivity (Wildman–Crippen MR) is 44.5 cm³/mol. The van der Waals surface area contributed by atoms with Crippen LogP contribution in [0.5, 0.6) is 0 Å². The number of carbonyl (C=O) groups excluding carboxylic acids is 1. The Hall–Kier alpha value is -0.730. The van der Waals surface area contributed by atoms with Gasteiger partial charge >= 0.3 is 6.09 Å². The number of nitrogens with one attached hydrogen (secondary N) is 1. The zero-order valence-electron chi connectivity index (χ0n) is 6.93. The third kappa shape index (κ3) is 2.78. The highest BCUT2D eigenvalue weighted by atomic mass is 16.5. The fourth-order valence-electron chi connectivity index (χ4n) is 1.47. The van der Waals surface area contributed by atoms with Gasteiger partial charge in [-0.3, -0.25) is 0 Å². The molecular weight excluding hydrogens is 142 g/mol. The zero-order chi connectivity index (χ0) is 8.10. The van der Waals surface area contributed by atoms with Crippen LogP contribution in [0, 0.1) is 0 Å². The fourth-order valence-corrected chi connectivity index (χ4v) is 1.47. The van der Waals surface area contributed by atoms with Gasteiger partial charge in [-0.05, 0) is 12.8 Å². The molecule has 0 aromatic rings. The van der Waals surface area contributed by atoms with Crippen LogP contribution in [-0.2, 0) is 4.74 Å². The number of hydrogen-bond donors (Lipinski definition) is 1. The first-order valence-corrected chi connectivity index (χ1v) is 4.17. The van der Waals surface area contributed by atoms with E-state index in [-0.39, 0.29) is 7.52 Å². The molecule has 1 fully saturated rings. The summed E-state index contributed by atoms with van der Waals surface area (Å²) in [5.74, 6) is 0. The molecule has 0 saturated heterocycles. The third-order valence-electron chi connectivity index (χ3n) is 2.11. The van der Waals surface area contributed by atoms with Crippen molar-refractivity contribution in [2.24, 2.45) is 0 Å². The molecule has 0 aromatic carbocycles. The second-order valence-electron chi connectivity index (χ2n) is 2.97. The lowest BCUT2D eigenvalue weighted by Gasteiger charge is -2.21. The summed E-state index contributed by atoms with van der Waals surface area (Å²) < 4.78 is 4.50. The van der Waals surface area contributed by atoms with Gasteiger partial charge in [-0.25, -0.2) is 4.79 Å². The topological polar surface area (TPSA) is 38.3 Å². The normalized spacial score (nSPS) is 19.4. The molecule has 3 nitrogen and oxygen atoms in total. The standard InChI is InChI=1S/C8H15NO2.H2/c1-11-8(10)9-7-5-3-2-4-6-7;/h7H,2-6H2,1H3,(H,9,10);1H. The van der Waals surface area contributed by atoms with E-state index < -0.39 is 0 Å². The molecule has 3 heteroatoms. The van der Waals surface area contributed by atoms with Crippen LogP contribution in [0.4, 0.5) is 4.79 Å². The Bertz CT molecular complexity index is 135. The summed E-state index contributed by atoms with van der Waals surface area (Å²) in [5, 5.41) is 2.81. The van der Waals surface area contributed by atoms with Gasteiger partial charge in [0, 0.05) is 7.47 Å². The van der Waals surface area contributed by atoms with Crippen LogP contribution >= 0.6 is 0 Å². The third-order valence-corrected chi connectivity index (χ3v) is 2.11. The van der Waals surface area contributed by atoms with E-state index in [1.54, 1.807) is 0 Å². The van der Waals surface area contributed by atoms with E-state index in [1.165, 1.54) is 26.4 Å². The van der Waals surface area contributed by atoms with E-state index in [0.29, 0.717) is 6.04 Å². The predicted octanol–water partition coefficient (Wildman–Crippen LogP) is 1.92. The van der Waals surface area contributed by atoms with Crippen LogP contribution in [0.25, 0.3) is 0 Å². The Morgan fingerprint density at radius 1 is 1.45 bits per heavy atom. The van der Waals surface area contributed by atoms with Crippen molar-refractivity contribution in [1.82, 2.24) is 5.32 Å². The Morgan fingerprint density at radius 3 is 2.64 bits per heavy atom. The first-order chi connectivity index (χ1) is 5.33. The largest absolute Gasteiger partial charge is 0.453 e. The smallest absolute Gasteiger partial charge is 0.407 e. The van der Waals surface area contributed by atoms with Gasteiger partial charge < -0.3 is 10.1 Å². The summed E-state index contributed by atoms with van der Waals surface area (Å²) in [6.45, 7) is 0. The number of rotatable bonds is 1. The van der Waals surface area contributed by atoms with Gasteiger partial charge in [-0.1, -0.05) is 19.3 Å². The molecule has 1 aliphatic carbocycles. The molecule has 11 heavy (non-hydrogen) atoms. The van der Waals surface area contributed by atoms with Crippen molar-refractivity contribution in [3.63, 3.8) is 0 Å². The molecule has 0 spiro atoms. The van der Waals surface area contributed by atoms with Gasteiger partial charge in [0.15, 0.2) is 0 Å². The molecule has 1 saturated carbocycles. The van der Waals surface area contributed by atoms with E-state index in [1.807, 2.05) is 0 Å². The average Bonchev–Trinajstić information content (AvgIpc) is 2.06. The minimum absolute atomic E-state index is 0. The molecule has 1 amide bonds. The highest BCUT2D eigenvalue weighted by Crippen LogP contribution is 2.17. The van der Waals surface area contributed by atoms with Gasteiger partial charge in [0.2, 0.25) is 0 Å². The molecule has 1 rings (SSSR count). The number of amides is 1. The Balaban J connectivity index is 0.00000121. The van der Waals surface area contributed by atoms with Crippen LogP contribution in [0.1, 0.15) is 33.5 Å². The van der Waals surface area contributed by atoms with Crippen molar-refractivity contribution in [3.05, 3.63) is 0 Å². The quantitative estimate of drug-likeness (QED) is 0.634. The highest BCUT2D eigenvalue weighted by molar-refractivity contribution is 5.67. The summed E-state index contributed by atoms with van der Waals surface area (Å²) in [5.41, 5.74) is 0. The molecule has 66 valence electrons. The maximum atomic E-state index is 10.7. The minimum Gasteiger partial charge on any atom is -0.453 e. The van der Waals surface area contributed by atoms with Crippen LogP contribution in [0.2, 0.25) is 0 Å². The van der Waals surface area contributed by atoms with Crippen molar-refractivity contribution in [1.29, 1.82) is 0 Å². The molecule has 0 bridgehead atoms. The van der Waals surface area contributed by atoms with Crippen LogP contribution < -0.4 is 5.32 Å². The van der Waals surface area contributed by atoms with Gasteiger partial charge in [0.1, 0.15) is 0 Å². The number of methoxy groups -OCH3 is 1. The lowest BCUT2D eigenvalue weighted by molar-refractivity contribution is 0.163. The summed E-state index contributed by atoms with van der Waals surface area (Å²) in [6, 6.07) is 0.358. The van der Waals surface area contributed by atoms with Gasteiger partial charge in [0.05, 0.1) is 7.11 Å². The second-order valence-corrected chi connectivity index (χ2v) is 2.97. The fraction of sp³-hybridized carbons (Fsp3) is 0.875. The zero-order valence-corrected chi connectivity index (χ0v) is 6.93. The first kappa shape index (κ1) is 8.37. The second kappa shape index (κ2) is 4.21. The molecule has 1 N–H and O–H groups in total. The van der Waals surface area contributed by atoms with E-state index in [0.717, 1.165) is 12.8 Å². The molecule has 0 unspecified atom stereocenters. The molecule has 0 heterocycles. The first-order valence-electron chi connectivity index (χ1n) is 4.17. The summed E-state index contributed by atoms with van der Waals surface area (Å²) >= 11 is 0. The number of hydrogen-bond acceptors (Lipinski definition) is 2. The van der Waals surface area contributed by atoms with E-state index in [9.17, 15) is 4.79 Å². The highest BCUT2D eigenvalue weighted by Gasteiger charge is 2.14. The monoisotopic (exact) mass is 159 g/mol. The van der Waals surface area contributed by atoms with E-state index in [4.69, 9.17) is 0 Å². The molecule has 0 aromatic heterocycles. The van der Waals surface area contributed by atoms with Crippen molar-refractivity contribution in [2.75, 3.05) is 7.11 Å².